The summed E-state index contributed by atoms with van der Waals surface area (Å²) in [4.78, 5) is 25.7. The second-order valence-corrected chi connectivity index (χ2v) is 12.2. The number of piperidine rings is 1. The number of hydrogen-bond acceptors (Lipinski definition) is 5. The van der Waals surface area contributed by atoms with Gasteiger partial charge in [0.05, 0.1) is 22.3 Å². The van der Waals surface area contributed by atoms with Crippen molar-refractivity contribution in [1.29, 1.82) is 0 Å². The molecule has 224 valence electrons. The van der Waals surface area contributed by atoms with E-state index in [2.05, 4.69) is 10.2 Å². The Morgan fingerprint density at radius 1 is 0.909 bits per heavy atom. The third kappa shape index (κ3) is 5.76. The van der Waals surface area contributed by atoms with Crippen LogP contribution in [0.3, 0.4) is 0 Å². The number of rotatable bonds is 7. The van der Waals surface area contributed by atoms with Gasteiger partial charge in [0, 0.05) is 35.1 Å². The van der Waals surface area contributed by atoms with E-state index in [0.717, 1.165) is 103 Å². The maximum Gasteiger partial charge on any atom is 0.252 e. The highest BCUT2D eigenvalue weighted by molar-refractivity contribution is 6.07. The number of fused-ring (bicyclic) bond motifs is 3. The highest BCUT2D eigenvalue weighted by atomic mass is 19.1. The van der Waals surface area contributed by atoms with E-state index >= 15 is 0 Å². The van der Waals surface area contributed by atoms with Crippen molar-refractivity contribution in [3.05, 3.63) is 101 Å². The summed E-state index contributed by atoms with van der Waals surface area (Å²) in [5.41, 5.74) is 7.27. The smallest absolute Gasteiger partial charge is 0.252 e. The largest absolute Gasteiger partial charge is 0.508 e. The molecule has 1 saturated heterocycles. The van der Waals surface area contributed by atoms with E-state index in [-0.39, 0.29) is 17.5 Å². The third-order valence-electron chi connectivity index (χ3n) is 9.37. The van der Waals surface area contributed by atoms with Crippen LogP contribution >= 0.6 is 0 Å². The van der Waals surface area contributed by atoms with Gasteiger partial charge in [-0.15, -0.1) is 0 Å². The number of nitrogens with one attached hydrogen (secondary N) is 1. The van der Waals surface area contributed by atoms with E-state index in [1.54, 1.807) is 18.2 Å². The number of aromatic hydroxyl groups is 1. The van der Waals surface area contributed by atoms with Crippen molar-refractivity contribution in [2.75, 3.05) is 19.6 Å². The number of benzene rings is 3. The molecule has 2 N–H and O–H groups in total. The minimum Gasteiger partial charge on any atom is -0.508 e. The predicted octanol–water partition coefficient (Wildman–Crippen LogP) is 7.21. The lowest BCUT2D eigenvalue weighted by Gasteiger charge is -2.31. The maximum atomic E-state index is 14.7. The van der Waals surface area contributed by atoms with Gasteiger partial charge in [-0.2, -0.15) is 0 Å². The first kappa shape index (κ1) is 28.4. The van der Waals surface area contributed by atoms with Crippen molar-refractivity contribution >= 4 is 27.7 Å². The van der Waals surface area contributed by atoms with Crippen LogP contribution in [0.5, 0.6) is 5.75 Å². The van der Waals surface area contributed by atoms with Crippen molar-refractivity contribution in [3.63, 3.8) is 0 Å². The fourth-order valence-corrected chi connectivity index (χ4v) is 6.96. The van der Waals surface area contributed by atoms with Gasteiger partial charge >= 0.3 is 0 Å². The summed E-state index contributed by atoms with van der Waals surface area (Å²) in [7, 11) is 0. The van der Waals surface area contributed by atoms with Crippen LogP contribution in [-0.4, -0.2) is 45.5 Å². The van der Waals surface area contributed by atoms with Crippen molar-refractivity contribution in [3.8, 4) is 16.9 Å². The van der Waals surface area contributed by atoms with Gasteiger partial charge < -0.3 is 10.4 Å². The van der Waals surface area contributed by atoms with E-state index in [9.17, 15) is 14.3 Å². The second kappa shape index (κ2) is 12.3. The molecule has 1 aliphatic heterocycles. The Morgan fingerprint density at radius 2 is 1.70 bits per heavy atom. The number of phenols is 1. The number of carbonyl (C=O) groups excluding carboxylic acids is 1. The number of amides is 1. The van der Waals surface area contributed by atoms with Crippen LogP contribution in [0.25, 0.3) is 32.9 Å². The zero-order chi connectivity index (χ0) is 30.0. The van der Waals surface area contributed by atoms with Crippen LogP contribution in [0.1, 0.15) is 59.4 Å². The Hall–Kier alpha value is -4.36. The monoisotopic (exact) mass is 588 g/mol. The number of phenolic OH excluding ortho intramolecular Hbond substituents is 1. The molecule has 1 fully saturated rings. The number of pyridine rings is 2. The summed E-state index contributed by atoms with van der Waals surface area (Å²) in [6.07, 6.45) is 7.23. The van der Waals surface area contributed by atoms with Gasteiger partial charge in [-0.25, -0.2) is 4.39 Å². The van der Waals surface area contributed by atoms with Gasteiger partial charge in [0.15, 0.2) is 0 Å². The highest BCUT2D eigenvalue weighted by Crippen LogP contribution is 2.32. The molecule has 0 atom stereocenters. The molecule has 3 aromatic carbocycles. The molecule has 1 aliphatic carbocycles. The Kier molecular flexibility index (Phi) is 7.96. The molecule has 44 heavy (non-hydrogen) atoms. The Balaban J connectivity index is 0.968. The zero-order valence-electron chi connectivity index (χ0n) is 24.9. The molecule has 0 radical (unpaired) electrons. The molecule has 0 saturated carbocycles. The molecule has 7 heteroatoms. The minimum atomic E-state index is -0.286. The molecule has 6 nitrogen and oxygen atoms in total. The SMILES string of the molecule is O=C(NCCC1CCN(Cc2ccc3c(F)ccc(-c4ccc(O)cc4)c3n2)CC1)c1c2c(nc3ccccc13)CCCC2. The zero-order valence-corrected chi connectivity index (χ0v) is 24.9. The maximum absolute atomic E-state index is 14.7. The number of aromatic nitrogens is 2. The molecule has 0 unspecified atom stereocenters. The predicted molar refractivity (Wildman–Crippen MR) is 172 cm³/mol. The molecule has 3 heterocycles. The minimum absolute atomic E-state index is 0.0321. The van der Waals surface area contributed by atoms with Crippen molar-refractivity contribution < 1.29 is 14.3 Å². The summed E-state index contributed by atoms with van der Waals surface area (Å²) in [5.74, 6) is 0.506. The van der Waals surface area contributed by atoms with Crippen molar-refractivity contribution in [1.82, 2.24) is 20.2 Å². The second-order valence-electron chi connectivity index (χ2n) is 12.2. The molecular formula is C37H37FN4O2. The number of halogens is 1. The number of hydrogen-bond donors (Lipinski definition) is 2. The summed E-state index contributed by atoms with van der Waals surface area (Å²) in [6, 6.07) is 21.9. The van der Waals surface area contributed by atoms with E-state index in [1.807, 2.05) is 48.5 Å². The summed E-state index contributed by atoms with van der Waals surface area (Å²) < 4.78 is 14.7. The molecule has 0 bridgehead atoms. The standard InChI is InChI=1S/C37H37FN4O2/c38-32-16-15-28(25-9-12-27(43)13-10-25)36-29(32)14-11-26(40-36)23-42-21-18-24(19-22-42)17-20-39-37(44)35-30-5-1-3-7-33(30)41-34-8-4-2-6-31(34)35/h1,3,5,7,9-16,24,43H,2,4,6,8,17-23H2,(H,39,44). The lowest BCUT2D eigenvalue weighted by atomic mass is 9.89. The van der Waals surface area contributed by atoms with Gasteiger partial charge in [0.1, 0.15) is 11.6 Å². The van der Waals surface area contributed by atoms with E-state index in [4.69, 9.17) is 9.97 Å². The molecule has 7 rings (SSSR count). The molecule has 0 spiro atoms. The van der Waals surface area contributed by atoms with Crippen LogP contribution in [0.4, 0.5) is 4.39 Å². The van der Waals surface area contributed by atoms with Crippen LogP contribution in [0.15, 0.2) is 72.8 Å². The van der Waals surface area contributed by atoms with E-state index in [1.165, 1.54) is 6.07 Å². The van der Waals surface area contributed by atoms with Crippen molar-refractivity contribution in [2.24, 2.45) is 5.92 Å². The van der Waals surface area contributed by atoms with E-state index < -0.39 is 0 Å². The van der Waals surface area contributed by atoms with Crippen LogP contribution in [0.2, 0.25) is 0 Å². The third-order valence-corrected chi connectivity index (χ3v) is 9.37. The normalized spacial score (nSPS) is 15.8. The van der Waals surface area contributed by atoms with Crippen LogP contribution < -0.4 is 5.32 Å². The first-order valence-corrected chi connectivity index (χ1v) is 15.8. The van der Waals surface area contributed by atoms with Gasteiger partial charge in [-0.1, -0.05) is 30.3 Å². The highest BCUT2D eigenvalue weighted by Gasteiger charge is 2.24. The lowest BCUT2D eigenvalue weighted by molar-refractivity contribution is 0.0948. The summed E-state index contributed by atoms with van der Waals surface area (Å²) in [5, 5.41) is 14.4. The number of likely N-dealkylation sites (tertiary alicyclic amines) is 1. The van der Waals surface area contributed by atoms with Gasteiger partial charge in [-0.3, -0.25) is 19.7 Å². The van der Waals surface area contributed by atoms with Gasteiger partial charge in [0.25, 0.3) is 5.91 Å². The molecule has 2 aliphatic rings. The average molecular weight is 589 g/mol. The Morgan fingerprint density at radius 3 is 2.55 bits per heavy atom. The fourth-order valence-electron chi connectivity index (χ4n) is 6.96. The Labute approximate surface area is 257 Å². The van der Waals surface area contributed by atoms with Gasteiger partial charge in [-0.05, 0) is 118 Å². The first-order valence-electron chi connectivity index (χ1n) is 15.8. The average Bonchev–Trinajstić information content (AvgIpc) is 3.05. The number of nitrogens with zero attached hydrogens (tertiary/aromatic N) is 3. The van der Waals surface area contributed by atoms with Crippen LogP contribution in [0, 0.1) is 11.7 Å². The first-order chi connectivity index (χ1) is 21.5. The summed E-state index contributed by atoms with van der Waals surface area (Å²) in [6.45, 7) is 3.32. The topological polar surface area (TPSA) is 78.4 Å². The lowest BCUT2D eigenvalue weighted by Crippen LogP contribution is -2.35. The summed E-state index contributed by atoms with van der Waals surface area (Å²) >= 11 is 0. The molecule has 2 aromatic heterocycles. The quantitative estimate of drug-likeness (QED) is 0.210. The molecule has 5 aromatic rings. The van der Waals surface area contributed by atoms with Gasteiger partial charge in [0.2, 0.25) is 0 Å². The number of para-hydroxylation sites is 1. The molecular weight excluding hydrogens is 551 g/mol. The fraction of sp³-hybridized carbons (Fsp3) is 0.324. The van der Waals surface area contributed by atoms with E-state index in [0.29, 0.717) is 29.9 Å². The molecule has 1 amide bonds. The number of carbonyl (C=O) groups is 1. The number of aryl methyl sites for hydroxylation is 1. The Bertz CT molecular complexity index is 1830. The van der Waals surface area contributed by atoms with Crippen molar-refractivity contribution in [2.45, 2.75) is 51.5 Å². The van der Waals surface area contributed by atoms with Crippen LogP contribution in [-0.2, 0) is 19.4 Å².